The number of hydrazone groups is 1. The summed E-state index contributed by atoms with van der Waals surface area (Å²) in [5, 5.41) is 8.73. The van der Waals surface area contributed by atoms with Crippen molar-refractivity contribution >= 4 is 23.5 Å². The molecule has 1 N–H and O–H groups in total. The molecule has 0 fully saturated rings. The summed E-state index contributed by atoms with van der Waals surface area (Å²) in [5.41, 5.74) is 4.69. The Morgan fingerprint density at radius 3 is 2.62 bits per heavy atom. The molecule has 0 aliphatic carbocycles. The van der Waals surface area contributed by atoms with Gasteiger partial charge in [-0.15, -0.1) is 0 Å². The van der Waals surface area contributed by atoms with E-state index in [2.05, 4.69) is 15.6 Å². The van der Waals surface area contributed by atoms with E-state index in [1.165, 1.54) is 12.3 Å². The van der Waals surface area contributed by atoms with E-state index >= 15 is 0 Å². The van der Waals surface area contributed by atoms with Gasteiger partial charge in [0.15, 0.2) is 5.82 Å². The fraction of sp³-hybridized carbons (Fsp3) is 0.0588. The molecule has 0 saturated carbocycles. The smallest absolute Gasteiger partial charge is 0.151 e. The Balaban J connectivity index is 1.84. The third-order valence-corrected chi connectivity index (χ3v) is 3.72. The first-order valence-corrected chi connectivity index (χ1v) is 7.48. The van der Waals surface area contributed by atoms with Crippen molar-refractivity contribution in [3.63, 3.8) is 0 Å². The van der Waals surface area contributed by atoms with E-state index in [1.54, 1.807) is 11.6 Å². The highest BCUT2D eigenvalue weighted by Crippen LogP contribution is 2.22. The molecule has 0 aliphatic rings. The molecule has 24 heavy (non-hydrogen) atoms. The van der Waals surface area contributed by atoms with Gasteiger partial charge in [0, 0.05) is 6.07 Å². The lowest BCUT2D eigenvalue weighted by Gasteiger charge is -2.02. The van der Waals surface area contributed by atoms with E-state index in [9.17, 15) is 8.78 Å². The number of hydrogen-bond acceptors (Lipinski definition) is 3. The monoisotopic (exact) mass is 346 g/mol. The number of para-hydroxylation sites is 1. The van der Waals surface area contributed by atoms with Crippen molar-refractivity contribution in [3.8, 4) is 5.69 Å². The molecule has 0 saturated heterocycles. The van der Waals surface area contributed by atoms with Crippen LogP contribution in [-0.4, -0.2) is 16.0 Å². The normalized spacial score (nSPS) is 11.2. The first-order valence-electron chi connectivity index (χ1n) is 7.11. The van der Waals surface area contributed by atoms with E-state index in [0.29, 0.717) is 16.4 Å². The summed E-state index contributed by atoms with van der Waals surface area (Å²) in [6.07, 6.45) is 1.45. The molecule has 0 aliphatic heterocycles. The molecular weight excluding hydrogens is 334 g/mol. The average Bonchev–Trinajstić information content (AvgIpc) is 2.85. The number of rotatable bonds is 4. The molecule has 0 amide bonds. The molecule has 0 radical (unpaired) electrons. The van der Waals surface area contributed by atoms with Gasteiger partial charge in [0.05, 0.1) is 28.8 Å². The molecule has 0 bridgehead atoms. The number of hydrogen-bond donors (Lipinski definition) is 1. The minimum absolute atomic E-state index is 0.0666. The molecule has 2 aromatic carbocycles. The van der Waals surface area contributed by atoms with E-state index in [-0.39, 0.29) is 5.69 Å². The SMILES string of the molecule is Cc1nn(-c2ccccc2)c(Cl)c1/C=N\Nc1ccc(F)cc1F. The van der Waals surface area contributed by atoms with Crippen molar-refractivity contribution in [2.75, 3.05) is 5.43 Å². The van der Waals surface area contributed by atoms with Gasteiger partial charge < -0.3 is 0 Å². The Morgan fingerprint density at radius 2 is 1.92 bits per heavy atom. The summed E-state index contributed by atoms with van der Waals surface area (Å²) in [4.78, 5) is 0. The summed E-state index contributed by atoms with van der Waals surface area (Å²) >= 11 is 6.36. The summed E-state index contributed by atoms with van der Waals surface area (Å²) in [6.45, 7) is 1.80. The zero-order valence-electron chi connectivity index (χ0n) is 12.7. The van der Waals surface area contributed by atoms with Crippen LogP contribution in [0.15, 0.2) is 53.6 Å². The van der Waals surface area contributed by atoms with Crippen molar-refractivity contribution in [1.82, 2.24) is 9.78 Å². The number of anilines is 1. The number of aromatic nitrogens is 2. The largest absolute Gasteiger partial charge is 0.276 e. The minimum Gasteiger partial charge on any atom is -0.276 e. The second-order valence-corrected chi connectivity index (χ2v) is 5.39. The number of aryl methyl sites for hydroxylation is 1. The first kappa shape index (κ1) is 16.1. The van der Waals surface area contributed by atoms with Gasteiger partial charge in [-0.05, 0) is 31.2 Å². The maximum atomic E-state index is 13.5. The van der Waals surface area contributed by atoms with Gasteiger partial charge in [-0.1, -0.05) is 29.8 Å². The number of halogens is 3. The predicted molar refractivity (Wildman–Crippen MR) is 90.9 cm³/mol. The van der Waals surface area contributed by atoms with Gasteiger partial charge in [0.25, 0.3) is 0 Å². The van der Waals surface area contributed by atoms with Crippen molar-refractivity contribution < 1.29 is 8.78 Å². The number of nitrogens with one attached hydrogen (secondary N) is 1. The summed E-state index contributed by atoms with van der Waals surface area (Å²) in [5.74, 6) is -1.37. The van der Waals surface area contributed by atoms with Crippen molar-refractivity contribution in [3.05, 3.63) is 76.6 Å². The van der Waals surface area contributed by atoms with Gasteiger partial charge in [-0.3, -0.25) is 5.43 Å². The van der Waals surface area contributed by atoms with E-state index in [0.717, 1.165) is 17.8 Å². The Bertz CT molecular complexity index is 891. The van der Waals surface area contributed by atoms with Gasteiger partial charge in [-0.25, -0.2) is 13.5 Å². The standard InChI is InChI=1S/C17H13ClF2N4/c1-11-14(10-21-22-16-8-7-12(19)9-15(16)20)17(18)24(23-11)13-5-3-2-4-6-13/h2-10,22H,1H3/b21-10-. The molecule has 3 rings (SSSR count). The van der Waals surface area contributed by atoms with Crippen molar-refractivity contribution in [1.29, 1.82) is 0 Å². The highest BCUT2D eigenvalue weighted by Gasteiger charge is 2.13. The quantitative estimate of drug-likeness (QED) is 0.556. The molecule has 0 unspecified atom stereocenters. The Labute approximate surface area is 142 Å². The van der Waals surface area contributed by atoms with Crippen LogP contribution in [0.1, 0.15) is 11.3 Å². The summed E-state index contributed by atoms with van der Waals surface area (Å²) in [7, 11) is 0. The first-order chi connectivity index (χ1) is 11.6. The highest BCUT2D eigenvalue weighted by molar-refractivity contribution is 6.32. The number of nitrogens with zero attached hydrogens (tertiary/aromatic N) is 3. The molecule has 1 aromatic heterocycles. The van der Waals surface area contributed by atoms with Crippen molar-refractivity contribution in [2.24, 2.45) is 5.10 Å². The lowest BCUT2D eigenvalue weighted by atomic mass is 10.3. The average molecular weight is 347 g/mol. The third kappa shape index (κ3) is 3.28. The minimum atomic E-state index is -0.727. The lowest BCUT2D eigenvalue weighted by Crippen LogP contribution is -1.96. The zero-order valence-corrected chi connectivity index (χ0v) is 13.4. The van der Waals surface area contributed by atoms with Crippen LogP contribution in [0.3, 0.4) is 0 Å². The van der Waals surface area contributed by atoms with Crippen LogP contribution in [0.25, 0.3) is 5.69 Å². The van der Waals surface area contributed by atoms with E-state index < -0.39 is 11.6 Å². The molecule has 0 spiro atoms. The van der Waals surface area contributed by atoms with Crippen molar-refractivity contribution in [2.45, 2.75) is 6.92 Å². The van der Waals surface area contributed by atoms with Crippen LogP contribution in [0.5, 0.6) is 0 Å². The van der Waals surface area contributed by atoms with Gasteiger partial charge in [-0.2, -0.15) is 10.2 Å². The fourth-order valence-corrected chi connectivity index (χ4v) is 2.47. The number of benzene rings is 2. The van der Waals surface area contributed by atoms with E-state index in [1.807, 2.05) is 30.3 Å². The molecule has 122 valence electrons. The molecular formula is C17H13ClF2N4. The fourth-order valence-electron chi connectivity index (χ4n) is 2.14. The molecule has 4 nitrogen and oxygen atoms in total. The second kappa shape index (κ2) is 6.80. The van der Waals surface area contributed by atoms with Gasteiger partial charge in [0.2, 0.25) is 0 Å². The maximum Gasteiger partial charge on any atom is 0.151 e. The van der Waals surface area contributed by atoms with Crippen LogP contribution in [-0.2, 0) is 0 Å². The van der Waals surface area contributed by atoms with Gasteiger partial charge in [0.1, 0.15) is 11.0 Å². The Morgan fingerprint density at radius 1 is 1.17 bits per heavy atom. The topological polar surface area (TPSA) is 42.2 Å². The Hall–Kier alpha value is -2.73. The third-order valence-electron chi connectivity index (χ3n) is 3.36. The second-order valence-electron chi connectivity index (χ2n) is 5.03. The van der Waals surface area contributed by atoms with Crippen LogP contribution in [0.2, 0.25) is 5.15 Å². The molecule has 3 aromatic rings. The lowest BCUT2D eigenvalue weighted by molar-refractivity contribution is 0.585. The molecule has 0 atom stereocenters. The van der Waals surface area contributed by atoms with Crippen LogP contribution < -0.4 is 5.43 Å². The maximum absolute atomic E-state index is 13.5. The van der Waals surface area contributed by atoms with E-state index in [4.69, 9.17) is 11.6 Å². The highest BCUT2D eigenvalue weighted by atomic mass is 35.5. The summed E-state index contributed by atoms with van der Waals surface area (Å²) in [6, 6.07) is 12.6. The van der Waals surface area contributed by atoms with Gasteiger partial charge >= 0.3 is 0 Å². The summed E-state index contributed by atoms with van der Waals surface area (Å²) < 4.78 is 28.0. The molecule has 1 heterocycles. The van der Waals surface area contributed by atoms with Crippen LogP contribution >= 0.6 is 11.6 Å². The van der Waals surface area contributed by atoms with Crippen LogP contribution in [0.4, 0.5) is 14.5 Å². The zero-order chi connectivity index (χ0) is 17.1. The predicted octanol–water partition coefficient (Wildman–Crippen LogP) is 4.56. The Kier molecular flexibility index (Phi) is 4.57. The molecule has 7 heteroatoms. The van der Waals surface area contributed by atoms with Crippen LogP contribution in [0, 0.1) is 18.6 Å².